The van der Waals surface area contributed by atoms with Gasteiger partial charge in [-0.15, -0.1) is 0 Å². The van der Waals surface area contributed by atoms with E-state index in [0.29, 0.717) is 13.0 Å². The molecular formula is C14H23N2O+. The minimum atomic E-state index is 0.141. The Kier molecular flexibility index (Phi) is 5.16. The molecule has 0 aliphatic heterocycles. The molecule has 0 atom stereocenters. The van der Waals surface area contributed by atoms with Crippen LogP contribution in [0, 0.1) is 0 Å². The Balaban J connectivity index is 2.18. The first-order valence-electron chi connectivity index (χ1n) is 6.08. The summed E-state index contributed by atoms with van der Waals surface area (Å²) in [5.41, 5.74) is 1.15. The number of amides is 1. The van der Waals surface area contributed by atoms with Gasteiger partial charge < -0.3 is 9.80 Å². The van der Waals surface area contributed by atoms with Crippen LogP contribution < -0.4 is 5.32 Å². The molecule has 0 saturated carbocycles. The van der Waals surface area contributed by atoms with Crippen molar-refractivity contribution in [2.75, 3.05) is 27.7 Å². The first-order chi connectivity index (χ1) is 7.97. The lowest BCUT2D eigenvalue weighted by Crippen LogP contribution is -2.36. The molecule has 3 heteroatoms. The summed E-state index contributed by atoms with van der Waals surface area (Å²) >= 11 is 0. The third kappa shape index (κ3) is 6.74. The highest BCUT2D eigenvalue weighted by molar-refractivity contribution is 5.75. The third-order valence-electron chi connectivity index (χ3n) is 2.57. The molecule has 3 nitrogen and oxygen atoms in total. The van der Waals surface area contributed by atoms with Crippen LogP contribution in [0.5, 0.6) is 0 Å². The van der Waals surface area contributed by atoms with Gasteiger partial charge in [0.1, 0.15) is 0 Å². The monoisotopic (exact) mass is 235 g/mol. The number of quaternary nitrogens is 1. The fourth-order valence-electron chi connectivity index (χ4n) is 1.60. The molecule has 0 bridgehead atoms. The van der Waals surface area contributed by atoms with Gasteiger partial charge in [0.05, 0.1) is 27.7 Å². The molecule has 1 amide bonds. The minimum Gasteiger partial charge on any atom is -0.352 e. The summed E-state index contributed by atoms with van der Waals surface area (Å²) in [7, 11) is 6.42. The Morgan fingerprint density at radius 3 is 2.41 bits per heavy atom. The van der Waals surface area contributed by atoms with E-state index < -0.39 is 0 Å². The van der Waals surface area contributed by atoms with Gasteiger partial charge in [0.2, 0.25) is 5.91 Å². The number of nitrogens with zero attached hydrogens (tertiary/aromatic N) is 1. The number of carbonyl (C=O) groups excluding carboxylic acids is 1. The Morgan fingerprint density at radius 2 is 1.82 bits per heavy atom. The number of hydrogen-bond acceptors (Lipinski definition) is 1. The Morgan fingerprint density at radius 1 is 1.18 bits per heavy atom. The Bertz CT molecular complexity index is 341. The van der Waals surface area contributed by atoms with Crippen molar-refractivity contribution in [2.24, 2.45) is 0 Å². The number of rotatable bonds is 6. The third-order valence-corrected chi connectivity index (χ3v) is 2.57. The summed E-state index contributed by atoms with van der Waals surface area (Å²) in [6, 6.07) is 9.99. The van der Waals surface area contributed by atoms with Gasteiger partial charge >= 0.3 is 0 Å². The lowest BCUT2D eigenvalue weighted by molar-refractivity contribution is -0.870. The predicted octanol–water partition coefficient (Wildman–Crippen LogP) is 1.79. The van der Waals surface area contributed by atoms with Gasteiger partial charge in [-0.2, -0.15) is 0 Å². The minimum absolute atomic E-state index is 0.141. The molecule has 94 valence electrons. The van der Waals surface area contributed by atoms with Crippen LogP contribution in [0.2, 0.25) is 0 Å². The summed E-state index contributed by atoms with van der Waals surface area (Å²) in [5.74, 6) is 0.141. The lowest BCUT2D eigenvalue weighted by Gasteiger charge is -2.23. The van der Waals surface area contributed by atoms with Crippen LogP contribution in [0.3, 0.4) is 0 Å². The molecule has 1 rings (SSSR count). The average molecular weight is 235 g/mol. The number of benzene rings is 1. The average Bonchev–Trinajstić information content (AvgIpc) is 2.26. The molecule has 0 fully saturated rings. The fraction of sp³-hybridized carbons (Fsp3) is 0.500. The lowest BCUT2D eigenvalue weighted by atomic mass is 10.2. The zero-order valence-electron chi connectivity index (χ0n) is 11.1. The van der Waals surface area contributed by atoms with E-state index in [9.17, 15) is 4.79 Å². The normalized spacial score (nSPS) is 11.2. The van der Waals surface area contributed by atoms with E-state index in [1.807, 2.05) is 30.3 Å². The summed E-state index contributed by atoms with van der Waals surface area (Å²) in [4.78, 5) is 11.6. The van der Waals surface area contributed by atoms with Gasteiger partial charge in [-0.05, 0) is 5.56 Å². The van der Waals surface area contributed by atoms with Crippen LogP contribution in [-0.2, 0) is 11.3 Å². The molecule has 0 aliphatic rings. The van der Waals surface area contributed by atoms with Crippen LogP contribution in [0.1, 0.15) is 18.4 Å². The van der Waals surface area contributed by atoms with Crippen LogP contribution in [0.25, 0.3) is 0 Å². The predicted molar refractivity (Wildman–Crippen MR) is 70.4 cm³/mol. The summed E-state index contributed by atoms with van der Waals surface area (Å²) in [6.45, 7) is 1.66. The number of hydrogen-bond donors (Lipinski definition) is 1. The van der Waals surface area contributed by atoms with E-state index >= 15 is 0 Å². The molecule has 0 aromatic heterocycles. The summed E-state index contributed by atoms with van der Waals surface area (Å²) in [6.07, 6.45) is 1.55. The zero-order valence-corrected chi connectivity index (χ0v) is 11.1. The first-order valence-corrected chi connectivity index (χ1v) is 6.08. The maximum Gasteiger partial charge on any atom is 0.220 e. The fourth-order valence-corrected chi connectivity index (χ4v) is 1.60. The summed E-state index contributed by atoms with van der Waals surface area (Å²) < 4.78 is 0.909. The Hall–Kier alpha value is -1.35. The van der Waals surface area contributed by atoms with E-state index in [1.54, 1.807) is 0 Å². The SMILES string of the molecule is C[N+](C)(C)CCCC(=O)NCc1ccccc1. The maximum absolute atomic E-state index is 11.6. The maximum atomic E-state index is 11.6. The second-order valence-corrected chi connectivity index (χ2v) is 5.38. The second kappa shape index (κ2) is 6.40. The molecule has 0 spiro atoms. The molecule has 1 N–H and O–H groups in total. The number of carbonyl (C=O) groups is 1. The largest absolute Gasteiger partial charge is 0.352 e. The summed E-state index contributed by atoms with van der Waals surface area (Å²) in [5, 5.41) is 2.94. The molecule has 0 unspecified atom stereocenters. The van der Waals surface area contributed by atoms with E-state index in [0.717, 1.165) is 23.0 Å². The van der Waals surface area contributed by atoms with Crippen molar-refractivity contribution in [1.29, 1.82) is 0 Å². The zero-order chi connectivity index (χ0) is 12.7. The topological polar surface area (TPSA) is 29.1 Å². The standard InChI is InChI=1S/C14H22N2O/c1-16(2,3)11-7-10-14(17)15-12-13-8-5-4-6-9-13/h4-6,8-9H,7,10-12H2,1-3H3/p+1. The van der Waals surface area contributed by atoms with Gasteiger partial charge in [0.15, 0.2) is 0 Å². The van der Waals surface area contributed by atoms with Gasteiger partial charge in [0, 0.05) is 19.4 Å². The second-order valence-electron chi connectivity index (χ2n) is 5.38. The van der Waals surface area contributed by atoms with Crippen LogP contribution in [0.15, 0.2) is 30.3 Å². The van der Waals surface area contributed by atoms with E-state index in [1.165, 1.54) is 0 Å². The van der Waals surface area contributed by atoms with Gasteiger partial charge in [-0.25, -0.2) is 0 Å². The smallest absolute Gasteiger partial charge is 0.220 e. The van der Waals surface area contributed by atoms with E-state index in [4.69, 9.17) is 0 Å². The van der Waals surface area contributed by atoms with Crippen molar-refractivity contribution >= 4 is 5.91 Å². The highest BCUT2D eigenvalue weighted by atomic mass is 16.1. The van der Waals surface area contributed by atoms with Crippen molar-refractivity contribution in [2.45, 2.75) is 19.4 Å². The van der Waals surface area contributed by atoms with Crippen molar-refractivity contribution in [3.05, 3.63) is 35.9 Å². The van der Waals surface area contributed by atoms with Crippen molar-refractivity contribution in [1.82, 2.24) is 5.32 Å². The highest BCUT2D eigenvalue weighted by Gasteiger charge is 2.08. The molecule has 0 heterocycles. The molecule has 1 aromatic rings. The quantitative estimate of drug-likeness (QED) is 0.748. The van der Waals surface area contributed by atoms with Gasteiger partial charge in [-0.1, -0.05) is 30.3 Å². The van der Waals surface area contributed by atoms with Crippen molar-refractivity contribution in [3.8, 4) is 0 Å². The first kappa shape index (κ1) is 13.7. The van der Waals surface area contributed by atoms with Crippen LogP contribution >= 0.6 is 0 Å². The van der Waals surface area contributed by atoms with Crippen LogP contribution in [0.4, 0.5) is 0 Å². The molecule has 1 aromatic carbocycles. The molecule has 0 aliphatic carbocycles. The van der Waals surface area contributed by atoms with E-state index in [-0.39, 0.29) is 5.91 Å². The van der Waals surface area contributed by atoms with Crippen LogP contribution in [-0.4, -0.2) is 38.1 Å². The highest BCUT2D eigenvalue weighted by Crippen LogP contribution is 2.00. The molecule has 0 radical (unpaired) electrons. The van der Waals surface area contributed by atoms with Gasteiger partial charge in [-0.3, -0.25) is 4.79 Å². The van der Waals surface area contributed by atoms with Gasteiger partial charge in [0.25, 0.3) is 0 Å². The van der Waals surface area contributed by atoms with Crippen molar-refractivity contribution in [3.63, 3.8) is 0 Å². The molecule has 17 heavy (non-hydrogen) atoms. The van der Waals surface area contributed by atoms with E-state index in [2.05, 4.69) is 26.5 Å². The molecular weight excluding hydrogens is 212 g/mol. The van der Waals surface area contributed by atoms with Crippen molar-refractivity contribution < 1.29 is 9.28 Å². The Labute approximate surface area is 104 Å². The molecule has 0 saturated heterocycles. The number of nitrogens with one attached hydrogen (secondary N) is 1.